The highest BCUT2D eigenvalue weighted by Crippen LogP contribution is 2.28. The summed E-state index contributed by atoms with van der Waals surface area (Å²) >= 11 is 0. The first-order chi connectivity index (χ1) is 11.9. The Morgan fingerprint density at radius 3 is 1.38 bits per heavy atom. The lowest BCUT2D eigenvalue weighted by atomic mass is 10.0. The summed E-state index contributed by atoms with van der Waals surface area (Å²) in [7, 11) is 0. The Labute approximate surface area is 144 Å². The zero-order valence-corrected chi connectivity index (χ0v) is 14.0. The molecule has 0 fully saturated rings. The Morgan fingerprint density at radius 1 is 0.542 bits per heavy atom. The van der Waals surface area contributed by atoms with Crippen LogP contribution in [0.3, 0.4) is 0 Å². The number of rotatable bonds is 2. The fourth-order valence-corrected chi connectivity index (χ4v) is 2.89. The van der Waals surface area contributed by atoms with E-state index in [9.17, 15) is 0 Å². The van der Waals surface area contributed by atoms with Crippen LogP contribution in [0.4, 0.5) is 0 Å². The molecule has 0 bridgehead atoms. The largest absolute Gasteiger partial charge is 0.185 e. The van der Waals surface area contributed by atoms with Crippen molar-refractivity contribution in [2.24, 2.45) is 10.2 Å². The second-order valence-electron chi connectivity index (χ2n) is 6.08. The second kappa shape index (κ2) is 8.97. The smallest absolute Gasteiger partial charge is 0.0992 e. The molecule has 0 saturated carbocycles. The van der Waals surface area contributed by atoms with Crippen LogP contribution in [-0.2, 0) is 0 Å². The number of allylic oxidation sites excluding steroid dienone is 2. The van der Waals surface area contributed by atoms with Crippen LogP contribution in [0.25, 0.3) is 0 Å². The lowest BCUT2D eigenvalue weighted by Crippen LogP contribution is -1.97. The quantitative estimate of drug-likeness (QED) is 0.557. The fraction of sp³-hybridized carbons (Fsp3) is 0.273. The topological polar surface area (TPSA) is 24.7 Å². The molecule has 2 heteroatoms. The van der Waals surface area contributed by atoms with Crippen molar-refractivity contribution in [2.45, 2.75) is 37.8 Å². The minimum absolute atomic E-state index is 0.0945. The highest BCUT2D eigenvalue weighted by molar-refractivity contribution is 5.21. The van der Waals surface area contributed by atoms with Gasteiger partial charge in [-0.25, -0.2) is 0 Å². The molecule has 1 aliphatic rings. The van der Waals surface area contributed by atoms with Gasteiger partial charge in [0.2, 0.25) is 0 Å². The summed E-state index contributed by atoms with van der Waals surface area (Å²) < 4.78 is 0. The van der Waals surface area contributed by atoms with Crippen molar-refractivity contribution in [3.63, 3.8) is 0 Å². The number of benzene rings is 2. The number of nitrogens with zero attached hydrogens (tertiary/aromatic N) is 2. The predicted molar refractivity (Wildman–Crippen MR) is 100.0 cm³/mol. The van der Waals surface area contributed by atoms with Crippen LogP contribution in [0.15, 0.2) is 95.2 Å². The lowest BCUT2D eigenvalue weighted by molar-refractivity contribution is 0.605. The van der Waals surface area contributed by atoms with Crippen LogP contribution >= 0.6 is 0 Å². The highest BCUT2D eigenvalue weighted by atomic mass is 15.1. The van der Waals surface area contributed by atoms with E-state index in [1.165, 1.54) is 11.1 Å². The third-order valence-corrected chi connectivity index (χ3v) is 4.27. The molecule has 2 unspecified atom stereocenters. The van der Waals surface area contributed by atoms with E-state index in [0.29, 0.717) is 0 Å². The molecule has 2 atom stereocenters. The molecular weight excluding hydrogens is 292 g/mol. The average Bonchev–Trinajstić information content (AvgIpc) is 2.64. The van der Waals surface area contributed by atoms with Gasteiger partial charge < -0.3 is 0 Å². The van der Waals surface area contributed by atoms with Crippen LogP contribution in [0.5, 0.6) is 0 Å². The van der Waals surface area contributed by atoms with Gasteiger partial charge in [-0.3, -0.25) is 0 Å². The summed E-state index contributed by atoms with van der Waals surface area (Å²) in [6.45, 7) is 0. The zero-order valence-electron chi connectivity index (χ0n) is 14.0. The molecule has 0 N–H and O–H groups in total. The lowest BCUT2D eigenvalue weighted by Gasteiger charge is -2.14. The van der Waals surface area contributed by atoms with Crippen molar-refractivity contribution >= 4 is 0 Å². The van der Waals surface area contributed by atoms with Crippen LogP contribution in [0.1, 0.15) is 48.9 Å². The molecule has 3 rings (SSSR count). The molecule has 0 aromatic heterocycles. The average molecular weight is 316 g/mol. The van der Waals surface area contributed by atoms with Gasteiger partial charge in [-0.15, -0.1) is 0 Å². The predicted octanol–water partition coefficient (Wildman–Crippen LogP) is 6.61. The number of hydrogen-bond donors (Lipinski definition) is 0. The molecule has 0 radical (unpaired) electrons. The number of azo groups is 1. The van der Waals surface area contributed by atoms with Crippen molar-refractivity contribution in [3.8, 4) is 0 Å². The van der Waals surface area contributed by atoms with Gasteiger partial charge in [0.15, 0.2) is 0 Å². The third-order valence-electron chi connectivity index (χ3n) is 4.27. The Morgan fingerprint density at radius 2 is 0.958 bits per heavy atom. The van der Waals surface area contributed by atoms with Gasteiger partial charge in [-0.1, -0.05) is 85.0 Å². The minimum Gasteiger partial charge on any atom is -0.185 e. The van der Waals surface area contributed by atoms with E-state index >= 15 is 0 Å². The van der Waals surface area contributed by atoms with Crippen LogP contribution in [0.2, 0.25) is 0 Å². The maximum absolute atomic E-state index is 4.73. The molecule has 2 nitrogen and oxygen atoms in total. The van der Waals surface area contributed by atoms with Gasteiger partial charge in [-0.2, -0.15) is 10.2 Å². The van der Waals surface area contributed by atoms with E-state index in [0.717, 1.165) is 25.7 Å². The molecule has 122 valence electrons. The van der Waals surface area contributed by atoms with E-state index in [1.807, 2.05) is 12.1 Å². The molecule has 0 spiro atoms. The van der Waals surface area contributed by atoms with Gasteiger partial charge >= 0.3 is 0 Å². The maximum Gasteiger partial charge on any atom is 0.0992 e. The van der Waals surface area contributed by atoms with Gasteiger partial charge in [0.05, 0.1) is 12.1 Å². The van der Waals surface area contributed by atoms with Crippen LogP contribution < -0.4 is 0 Å². The SMILES string of the molecule is C1=C/CC(c2ccccc2)/N=N/C(c2ccccc2)C/C=C/CC/1. The van der Waals surface area contributed by atoms with E-state index in [4.69, 9.17) is 10.2 Å². The molecule has 1 aliphatic heterocycles. The van der Waals surface area contributed by atoms with Crippen LogP contribution in [0, 0.1) is 0 Å². The minimum atomic E-state index is 0.0945. The standard InChI is InChI=1S/C22H24N2/c1-2-4-12-18-22(20-15-9-6-10-16-20)24-23-21(17-11-3-1)19-13-7-5-8-14-19/h3-16,21-22H,1-2,17-18H2/b11-3+,12-4+,24-23+. The molecular formula is C22H24N2. The van der Waals surface area contributed by atoms with Crippen molar-refractivity contribution in [2.75, 3.05) is 0 Å². The summed E-state index contributed by atoms with van der Waals surface area (Å²) in [5.41, 5.74) is 2.45. The Hall–Kier alpha value is -2.48. The third kappa shape index (κ3) is 4.76. The van der Waals surface area contributed by atoms with Crippen molar-refractivity contribution in [1.82, 2.24) is 0 Å². The molecule has 2 aromatic rings. The first kappa shape index (κ1) is 16.4. The van der Waals surface area contributed by atoms with Gasteiger partial charge in [0.25, 0.3) is 0 Å². The first-order valence-electron chi connectivity index (χ1n) is 8.73. The summed E-state index contributed by atoms with van der Waals surface area (Å²) in [5.74, 6) is 0. The Kier molecular flexibility index (Phi) is 6.12. The molecule has 1 heterocycles. The molecule has 0 saturated heterocycles. The van der Waals surface area contributed by atoms with Crippen molar-refractivity contribution in [3.05, 3.63) is 96.1 Å². The fourth-order valence-electron chi connectivity index (χ4n) is 2.89. The van der Waals surface area contributed by atoms with E-state index in [1.54, 1.807) is 0 Å². The van der Waals surface area contributed by atoms with E-state index < -0.39 is 0 Å². The Bertz CT molecular complexity index is 625. The first-order valence-corrected chi connectivity index (χ1v) is 8.73. The summed E-state index contributed by atoms with van der Waals surface area (Å²) in [6.07, 6.45) is 13.0. The molecule has 2 aromatic carbocycles. The van der Waals surface area contributed by atoms with E-state index in [-0.39, 0.29) is 12.1 Å². The second-order valence-corrected chi connectivity index (χ2v) is 6.08. The van der Waals surface area contributed by atoms with Gasteiger partial charge in [0, 0.05) is 0 Å². The zero-order chi connectivity index (χ0) is 16.5. The summed E-state index contributed by atoms with van der Waals surface area (Å²) in [5, 5.41) is 9.45. The molecule has 0 aliphatic carbocycles. The molecule has 0 amide bonds. The highest BCUT2D eigenvalue weighted by Gasteiger charge is 2.12. The monoisotopic (exact) mass is 316 g/mol. The molecule has 24 heavy (non-hydrogen) atoms. The number of hydrogen-bond acceptors (Lipinski definition) is 2. The summed E-state index contributed by atoms with van der Waals surface area (Å²) in [4.78, 5) is 0. The maximum atomic E-state index is 4.73. The summed E-state index contributed by atoms with van der Waals surface area (Å²) in [6, 6.07) is 21.1. The van der Waals surface area contributed by atoms with Crippen molar-refractivity contribution < 1.29 is 0 Å². The van der Waals surface area contributed by atoms with Gasteiger partial charge in [0.1, 0.15) is 0 Å². The van der Waals surface area contributed by atoms with E-state index in [2.05, 4.69) is 72.8 Å². The van der Waals surface area contributed by atoms with Crippen molar-refractivity contribution in [1.29, 1.82) is 0 Å². The normalized spacial score (nSPS) is 25.8. The Balaban J connectivity index is 1.88. The van der Waals surface area contributed by atoms with Gasteiger partial charge in [-0.05, 0) is 36.8 Å². The van der Waals surface area contributed by atoms with Crippen LogP contribution in [-0.4, -0.2) is 0 Å².